The van der Waals surface area contributed by atoms with Crippen LogP contribution in [0, 0.1) is 10.1 Å². The van der Waals surface area contributed by atoms with Gasteiger partial charge in [-0.05, 0) is 12.5 Å². The van der Waals surface area contributed by atoms with E-state index in [1.54, 1.807) is 19.1 Å². The molecule has 122 valence electrons. The highest BCUT2D eigenvalue weighted by Gasteiger charge is 2.21. The molecule has 8 nitrogen and oxygen atoms in total. The van der Waals surface area contributed by atoms with Gasteiger partial charge >= 0.3 is 6.16 Å². The van der Waals surface area contributed by atoms with Gasteiger partial charge in [-0.3, -0.25) is 10.1 Å². The van der Waals surface area contributed by atoms with Crippen molar-refractivity contribution in [3.05, 3.63) is 52.7 Å². The van der Waals surface area contributed by atoms with E-state index < -0.39 is 11.1 Å². The second-order valence-electron chi connectivity index (χ2n) is 4.83. The molecule has 8 heteroatoms. The summed E-state index contributed by atoms with van der Waals surface area (Å²) < 4.78 is 9.98. The molecule has 0 aliphatic heterocycles. The maximum atomic E-state index is 11.7. The second-order valence-corrected chi connectivity index (χ2v) is 4.83. The first-order valence-corrected chi connectivity index (χ1v) is 7.16. The van der Waals surface area contributed by atoms with Gasteiger partial charge in [0, 0.05) is 11.5 Å². The van der Waals surface area contributed by atoms with Crippen LogP contribution in [0.1, 0.15) is 6.92 Å². The smallest absolute Gasteiger partial charge is 0.434 e. The van der Waals surface area contributed by atoms with Gasteiger partial charge in [-0.2, -0.15) is 0 Å². The van der Waals surface area contributed by atoms with Crippen LogP contribution in [-0.4, -0.2) is 27.7 Å². The zero-order valence-corrected chi connectivity index (χ0v) is 12.7. The average Bonchev–Trinajstić information content (AvgIpc) is 2.92. The van der Waals surface area contributed by atoms with Gasteiger partial charge in [-0.25, -0.2) is 9.78 Å². The third-order valence-corrected chi connectivity index (χ3v) is 3.32. The summed E-state index contributed by atoms with van der Waals surface area (Å²) in [6.07, 6.45) is 0.276. The Hall–Kier alpha value is -3.42. The lowest BCUT2D eigenvalue weighted by atomic mass is 10.1. The number of rotatable bonds is 4. The van der Waals surface area contributed by atoms with Gasteiger partial charge in [0.25, 0.3) is 5.69 Å². The largest absolute Gasteiger partial charge is 0.515 e. The minimum atomic E-state index is -0.865. The Morgan fingerprint density at radius 2 is 2.08 bits per heavy atom. The van der Waals surface area contributed by atoms with E-state index in [1.165, 1.54) is 6.07 Å². The summed E-state index contributed by atoms with van der Waals surface area (Å²) in [4.78, 5) is 29.0. The number of H-pyrrole nitrogens is 1. The third kappa shape index (κ3) is 2.89. The number of nitro groups is 1. The quantitative estimate of drug-likeness (QED) is 0.445. The van der Waals surface area contributed by atoms with Gasteiger partial charge in [-0.1, -0.05) is 30.3 Å². The summed E-state index contributed by atoms with van der Waals surface area (Å²) in [7, 11) is 0. The summed E-state index contributed by atoms with van der Waals surface area (Å²) in [6, 6.07) is 10.5. The molecule has 0 fully saturated rings. The molecule has 0 unspecified atom stereocenters. The lowest BCUT2D eigenvalue weighted by Crippen LogP contribution is -2.10. The molecule has 3 aromatic rings. The molecule has 0 atom stereocenters. The highest BCUT2D eigenvalue weighted by atomic mass is 16.7. The van der Waals surface area contributed by atoms with Gasteiger partial charge in [-0.15, -0.1) is 0 Å². The molecule has 0 aliphatic carbocycles. The normalized spacial score (nSPS) is 10.5. The molecular weight excluding hydrogens is 314 g/mol. The first-order chi connectivity index (χ1) is 11.6. The van der Waals surface area contributed by atoms with Crippen molar-refractivity contribution in [2.75, 3.05) is 6.61 Å². The van der Waals surface area contributed by atoms with Crippen LogP contribution in [0.15, 0.2) is 42.6 Å². The van der Waals surface area contributed by atoms with Crippen LogP contribution in [0.3, 0.4) is 0 Å². The van der Waals surface area contributed by atoms with Crippen LogP contribution < -0.4 is 4.74 Å². The van der Waals surface area contributed by atoms with E-state index in [4.69, 9.17) is 9.47 Å². The van der Waals surface area contributed by atoms with E-state index >= 15 is 0 Å². The number of nitrogens with zero attached hydrogens (tertiary/aromatic N) is 2. The Kier molecular flexibility index (Phi) is 4.11. The topological polar surface area (TPSA) is 107 Å². The number of carbonyl (C=O) groups is 1. The zero-order valence-electron chi connectivity index (χ0n) is 12.7. The molecule has 1 N–H and O–H groups in total. The molecule has 0 aliphatic rings. The van der Waals surface area contributed by atoms with Crippen molar-refractivity contribution in [1.82, 2.24) is 9.97 Å². The van der Waals surface area contributed by atoms with Gasteiger partial charge < -0.3 is 14.5 Å². The van der Waals surface area contributed by atoms with Crippen LogP contribution in [0.5, 0.6) is 5.88 Å². The Bertz CT molecular complexity index is 905. The second kappa shape index (κ2) is 6.37. The number of hydrogen-bond acceptors (Lipinski definition) is 6. The van der Waals surface area contributed by atoms with Crippen LogP contribution in [0.2, 0.25) is 0 Å². The van der Waals surface area contributed by atoms with Crippen LogP contribution >= 0.6 is 0 Å². The Morgan fingerprint density at radius 3 is 2.75 bits per heavy atom. The van der Waals surface area contributed by atoms with Crippen molar-refractivity contribution in [2.24, 2.45) is 0 Å². The SMILES string of the molecule is CCOC(=O)Oc1[nH]c2ncc([N+](=O)[O-])cc2c1-c1ccccc1. The summed E-state index contributed by atoms with van der Waals surface area (Å²) in [5, 5.41) is 11.5. The summed E-state index contributed by atoms with van der Waals surface area (Å²) >= 11 is 0. The van der Waals surface area contributed by atoms with Gasteiger partial charge in [0.15, 0.2) is 0 Å². The molecule has 0 spiro atoms. The van der Waals surface area contributed by atoms with Gasteiger partial charge in [0.2, 0.25) is 5.88 Å². The predicted octanol–water partition coefficient (Wildman–Crippen LogP) is 3.67. The minimum Gasteiger partial charge on any atom is -0.434 e. The fraction of sp³-hybridized carbons (Fsp3) is 0.125. The predicted molar refractivity (Wildman–Crippen MR) is 85.8 cm³/mol. The van der Waals surface area contributed by atoms with Crippen molar-refractivity contribution in [3.63, 3.8) is 0 Å². The Morgan fingerprint density at radius 1 is 1.33 bits per heavy atom. The molecule has 24 heavy (non-hydrogen) atoms. The minimum absolute atomic E-state index is 0.127. The number of carbonyl (C=O) groups excluding carboxylic acids is 1. The molecular formula is C16H13N3O5. The average molecular weight is 327 g/mol. The standard InChI is InChI=1S/C16H13N3O5/c1-2-23-16(20)24-15-13(10-6-4-3-5-7-10)12-8-11(19(21)22)9-17-14(12)18-15/h3-9H,2H2,1H3,(H,17,18). The first kappa shape index (κ1) is 15.5. The number of fused-ring (bicyclic) bond motifs is 1. The Labute approximate surface area is 136 Å². The molecule has 0 amide bonds. The third-order valence-electron chi connectivity index (χ3n) is 3.32. The highest BCUT2D eigenvalue weighted by molar-refractivity contribution is 5.99. The molecule has 0 bridgehead atoms. The number of aromatic amines is 1. The number of benzene rings is 1. The Balaban J connectivity index is 2.19. The van der Waals surface area contributed by atoms with Gasteiger partial charge in [0.05, 0.1) is 17.1 Å². The maximum Gasteiger partial charge on any atom is 0.515 e. The molecule has 2 heterocycles. The van der Waals surface area contributed by atoms with Crippen LogP contribution in [-0.2, 0) is 4.74 Å². The van der Waals surface area contributed by atoms with E-state index in [2.05, 4.69) is 9.97 Å². The molecule has 1 aromatic carbocycles. The summed E-state index contributed by atoms with van der Waals surface area (Å²) in [5.41, 5.74) is 1.46. The van der Waals surface area contributed by atoms with E-state index in [1.807, 2.05) is 18.2 Å². The lowest BCUT2D eigenvalue weighted by Gasteiger charge is -2.05. The number of hydrogen-bond donors (Lipinski definition) is 1. The van der Waals surface area contributed by atoms with Gasteiger partial charge in [0.1, 0.15) is 11.8 Å². The van der Waals surface area contributed by atoms with E-state index in [9.17, 15) is 14.9 Å². The van der Waals surface area contributed by atoms with E-state index in [0.717, 1.165) is 11.8 Å². The monoisotopic (exact) mass is 327 g/mol. The molecule has 0 radical (unpaired) electrons. The van der Waals surface area contributed by atoms with Crippen molar-refractivity contribution in [1.29, 1.82) is 0 Å². The number of nitrogens with one attached hydrogen (secondary N) is 1. The zero-order chi connectivity index (χ0) is 17.1. The number of ether oxygens (including phenoxy) is 2. The van der Waals surface area contributed by atoms with Crippen LogP contribution in [0.4, 0.5) is 10.5 Å². The molecule has 0 saturated heterocycles. The molecule has 3 rings (SSSR count). The fourth-order valence-corrected chi connectivity index (χ4v) is 2.33. The molecule has 0 saturated carbocycles. The van der Waals surface area contributed by atoms with Crippen molar-refractivity contribution >= 4 is 22.9 Å². The van der Waals surface area contributed by atoms with Crippen molar-refractivity contribution in [2.45, 2.75) is 6.92 Å². The fourth-order valence-electron chi connectivity index (χ4n) is 2.33. The van der Waals surface area contributed by atoms with Crippen molar-refractivity contribution in [3.8, 4) is 17.0 Å². The van der Waals surface area contributed by atoms with E-state index in [0.29, 0.717) is 16.6 Å². The summed E-state index contributed by atoms with van der Waals surface area (Å²) in [5.74, 6) is 0.127. The highest BCUT2D eigenvalue weighted by Crippen LogP contribution is 2.38. The lowest BCUT2D eigenvalue weighted by molar-refractivity contribution is -0.385. The first-order valence-electron chi connectivity index (χ1n) is 7.16. The van der Waals surface area contributed by atoms with E-state index in [-0.39, 0.29) is 18.2 Å². The maximum absolute atomic E-state index is 11.7. The van der Waals surface area contributed by atoms with Crippen molar-refractivity contribution < 1.29 is 19.2 Å². The van der Waals surface area contributed by atoms with Crippen LogP contribution in [0.25, 0.3) is 22.2 Å². The summed E-state index contributed by atoms with van der Waals surface area (Å²) in [6.45, 7) is 1.83. The number of aromatic nitrogens is 2. The molecule has 2 aromatic heterocycles. The number of pyridine rings is 1.